The van der Waals surface area contributed by atoms with E-state index in [9.17, 15) is 14.4 Å². The van der Waals surface area contributed by atoms with Crippen LogP contribution < -0.4 is 5.43 Å². The number of ether oxygens (including phenoxy) is 2. The number of carbonyl (C=O) groups is 3. The predicted molar refractivity (Wildman–Crippen MR) is 63.7 cm³/mol. The lowest BCUT2D eigenvalue weighted by molar-refractivity contribution is -0.140. The third-order valence-electron chi connectivity index (χ3n) is 1.74. The highest BCUT2D eigenvalue weighted by molar-refractivity contribution is 6.62. The van der Waals surface area contributed by atoms with E-state index in [2.05, 4.69) is 20.0 Å². The first-order chi connectivity index (χ1) is 8.43. The third-order valence-corrected chi connectivity index (χ3v) is 1.74. The Kier molecular flexibility index (Phi) is 7.34. The second kappa shape index (κ2) is 8.21. The zero-order valence-corrected chi connectivity index (χ0v) is 11.0. The van der Waals surface area contributed by atoms with Gasteiger partial charge < -0.3 is 9.47 Å². The average molecular weight is 258 g/mol. The summed E-state index contributed by atoms with van der Waals surface area (Å²) in [5.74, 6) is -2.60. The van der Waals surface area contributed by atoms with Crippen LogP contribution in [0.15, 0.2) is 5.10 Å². The minimum Gasteiger partial charge on any atom is -0.461 e. The van der Waals surface area contributed by atoms with Crippen LogP contribution in [-0.2, 0) is 23.9 Å². The van der Waals surface area contributed by atoms with E-state index in [1.807, 2.05) is 0 Å². The Morgan fingerprint density at radius 1 is 1.06 bits per heavy atom. The van der Waals surface area contributed by atoms with Crippen molar-refractivity contribution < 1.29 is 23.9 Å². The number of nitrogens with zero attached hydrogens (tertiary/aromatic N) is 1. The summed E-state index contributed by atoms with van der Waals surface area (Å²) >= 11 is 0. The van der Waals surface area contributed by atoms with Gasteiger partial charge in [0, 0.05) is 5.92 Å². The van der Waals surface area contributed by atoms with E-state index < -0.39 is 23.6 Å². The summed E-state index contributed by atoms with van der Waals surface area (Å²) in [7, 11) is 0. The third kappa shape index (κ3) is 5.42. The van der Waals surface area contributed by atoms with Gasteiger partial charge in [-0.1, -0.05) is 13.8 Å². The van der Waals surface area contributed by atoms with E-state index in [0.29, 0.717) is 0 Å². The molecule has 0 fully saturated rings. The molecule has 0 aromatic rings. The maximum absolute atomic E-state index is 11.4. The normalized spacial score (nSPS) is 9.61. The monoisotopic (exact) mass is 258 g/mol. The Morgan fingerprint density at radius 3 is 1.83 bits per heavy atom. The first-order valence-electron chi connectivity index (χ1n) is 5.65. The largest absolute Gasteiger partial charge is 0.461 e. The van der Waals surface area contributed by atoms with Crippen LogP contribution in [-0.4, -0.2) is 36.8 Å². The molecule has 0 saturated heterocycles. The van der Waals surface area contributed by atoms with Crippen molar-refractivity contribution in [1.29, 1.82) is 0 Å². The number of esters is 2. The fourth-order valence-electron chi connectivity index (χ4n) is 0.814. The first kappa shape index (κ1) is 16.1. The molecule has 7 heteroatoms. The van der Waals surface area contributed by atoms with E-state index in [-0.39, 0.29) is 19.1 Å². The molecule has 0 aliphatic heterocycles. The van der Waals surface area contributed by atoms with Crippen LogP contribution in [0.5, 0.6) is 0 Å². The quantitative estimate of drug-likeness (QED) is 0.319. The molecule has 0 rings (SSSR count). The van der Waals surface area contributed by atoms with Crippen LogP contribution >= 0.6 is 0 Å². The SMILES string of the molecule is CCOC(=O)C(=NNC(=O)C(C)C)C(=O)OCC. The predicted octanol–water partition coefficient (Wildman–Crippen LogP) is 0.241. The van der Waals surface area contributed by atoms with Crippen molar-refractivity contribution in [3.05, 3.63) is 0 Å². The summed E-state index contributed by atoms with van der Waals surface area (Å²) in [6.07, 6.45) is 0. The van der Waals surface area contributed by atoms with Crippen molar-refractivity contribution in [2.45, 2.75) is 27.7 Å². The van der Waals surface area contributed by atoms with E-state index in [1.54, 1.807) is 27.7 Å². The van der Waals surface area contributed by atoms with Gasteiger partial charge in [-0.05, 0) is 13.8 Å². The number of amides is 1. The van der Waals surface area contributed by atoms with Crippen molar-refractivity contribution >= 4 is 23.6 Å². The van der Waals surface area contributed by atoms with Gasteiger partial charge in [0.2, 0.25) is 5.91 Å². The number of hydrogen-bond donors (Lipinski definition) is 1. The molecule has 1 amide bonds. The number of hydrazone groups is 1. The molecule has 0 aromatic heterocycles. The lowest BCUT2D eigenvalue weighted by Gasteiger charge is -2.07. The van der Waals surface area contributed by atoms with Crippen LogP contribution in [0.25, 0.3) is 0 Å². The summed E-state index contributed by atoms with van der Waals surface area (Å²) in [6, 6.07) is 0. The summed E-state index contributed by atoms with van der Waals surface area (Å²) in [5, 5.41) is 3.45. The minimum atomic E-state index is -0.931. The Labute approximate surface area is 106 Å². The number of carbonyl (C=O) groups excluding carboxylic acids is 3. The molecule has 0 heterocycles. The molecule has 18 heavy (non-hydrogen) atoms. The van der Waals surface area contributed by atoms with Crippen molar-refractivity contribution in [3.8, 4) is 0 Å². The lowest BCUT2D eigenvalue weighted by Crippen LogP contribution is -2.33. The topological polar surface area (TPSA) is 94.1 Å². The molecule has 0 saturated carbocycles. The molecule has 7 nitrogen and oxygen atoms in total. The fraction of sp³-hybridized carbons (Fsp3) is 0.636. The van der Waals surface area contributed by atoms with Crippen molar-refractivity contribution in [3.63, 3.8) is 0 Å². The van der Waals surface area contributed by atoms with Gasteiger partial charge in [-0.25, -0.2) is 15.0 Å². The highest BCUT2D eigenvalue weighted by atomic mass is 16.6. The molecule has 0 unspecified atom stereocenters. The standard InChI is InChI=1S/C11H18N2O5/c1-5-17-10(15)8(11(16)18-6-2)12-13-9(14)7(3)4/h7H,5-6H2,1-4H3,(H,13,14). The zero-order chi connectivity index (χ0) is 14.1. The molecule has 0 bridgehead atoms. The smallest absolute Gasteiger partial charge is 0.366 e. The van der Waals surface area contributed by atoms with Gasteiger partial charge in [0.15, 0.2) is 0 Å². The van der Waals surface area contributed by atoms with Gasteiger partial charge in [-0.15, -0.1) is 0 Å². The highest BCUT2D eigenvalue weighted by Gasteiger charge is 2.24. The summed E-state index contributed by atoms with van der Waals surface area (Å²) < 4.78 is 9.28. The van der Waals surface area contributed by atoms with Crippen molar-refractivity contribution in [1.82, 2.24) is 5.43 Å². The second-order valence-electron chi connectivity index (χ2n) is 3.53. The Bertz CT molecular complexity index is 329. The molecule has 0 atom stereocenters. The zero-order valence-electron chi connectivity index (χ0n) is 11.0. The second-order valence-corrected chi connectivity index (χ2v) is 3.53. The van der Waals surface area contributed by atoms with Crippen LogP contribution in [0, 0.1) is 5.92 Å². The summed E-state index contributed by atoms with van der Waals surface area (Å²) in [6.45, 7) is 6.67. The molecule has 102 valence electrons. The fourth-order valence-corrected chi connectivity index (χ4v) is 0.814. The van der Waals surface area contributed by atoms with E-state index >= 15 is 0 Å². The molecular formula is C11H18N2O5. The summed E-state index contributed by atoms with van der Waals surface area (Å²) in [4.78, 5) is 34.2. The van der Waals surface area contributed by atoms with Crippen LogP contribution in [0.3, 0.4) is 0 Å². The van der Waals surface area contributed by atoms with Gasteiger partial charge >= 0.3 is 11.9 Å². The maximum Gasteiger partial charge on any atom is 0.366 e. The molecule has 0 radical (unpaired) electrons. The summed E-state index contributed by atoms with van der Waals surface area (Å²) in [5.41, 5.74) is 1.53. The van der Waals surface area contributed by atoms with Gasteiger partial charge in [-0.3, -0.25) is 4.79 Å². The van der Waals surface area contributed by atoms with Gasteiger partial charge in [0.25, 0.3) is 5.71 Å². The van der Waals surface area contributed by atoms with E-state index in [0.717, 1.165) is 0 Å². The van der Waals surface area contributed by atoms with E-state index in [4.69, 9.17) is 0 Å². The maximum atomic E-state index is 11.4. The first-order valence-corrected chi connectivity index (χ1v) is 5.65. The average Bonchev–Trinajstić information content (AvgIpc) is 2.29. The molecule has 1 N–H and O–H groups in total. The Balaban J connectivity index is 4.85. The minimum absolute atomic E-state index is 0.0926. The van der Waals surface area contributed by atoms with E-state index in [1.165, 1.54) is 0 Å². The van der Waals surface area contributed by atoms with Crippen LogP contribution in [0.1, 0.15) is 27.7 Å². The van der Waals surface area contributed by atoms with Gasteiger partial charge in [0.05, 0.1) is 13.2 Å². The van der Waals surface area contributed by atoms with Crippen molar-refractivity contribution in [2.24, 2.45) is 11.0 Å². The van der Waals surface area contributed by atoms with Crippen LogP contribution in [0.4, 0.5) is 0 Å². The molecule has 0 aliphatic rings. The number of nitrogens with one attached hydrogen (secondary N) is 1. The van der Waals surface area contributed by atoms with Crippen LogP contribution in [0.2, 0.25) is 0 Å². The van der Waals surface area contributed by atoms with Crippen molar-refractivity contribution in [2.75, 3.05) is 13.2 Å². The highest BCUT2D eigenvalue weighted by Crippen LogP contribution is 1.93. The molecule has 0 aliphatic carbocycles. The molecular weight excluding hydrogens is 240 g/mol. The molecule has 0 spiro atoms. The lowest BCUT2D eigenvalue weighted by atomic mass is 10.2. The molecule has 0 aromatic carbocycles. The van der Waals surface area contributed by atoms with Gasteiger partial charge in [-0.2, -0.15) is 5.10 Å². The Hall–Kier alpha value is -1.92. The van der Waals surface area contributed by atoms with Gasteiger partial charge in [0.1, 0.15) is 0 Å². The Morgan fingerprint density at radius 2 is 1.50 bits per heavy atom. The number of rotatable bonds is 6. The number of hydrogen-bond acceptors (Lipinski definition) is 6.